The van der Waals surface area contributed by atoms with Gasteiger partial charge in [-0.2, -0.15) is 0 Å². The number of alkyl halides is 2. The molecule has 1 fully saturated rings. The van der Waals surface area contributed by atoms with Crippen molar-refractivity contribution in [1.29, 1.82) is 0 Å². The number of aliphatic hydroxyl groups is 4. The minimum atomic E-state index is -3.70. The summed E-state index contributed by atoms with van der Waals surface area (Å²) in [6.07, 6.45) is -1.45. The van der Waals surface area contributed by atoms with Crippen molar-refractivity contribution in [3.8, 4) is 34.2 Å². The molecule has 5 amide bonds. The minimum absolute atomic E-state index is 0.0272. The quantitative estimate of drug-likeness (QED) is 0.0340. The van der Waals surface area contributed by atoms with Crippen molar-refractivity contribution in [2.45, 2.75) is 225 Å². The molecule has 0 saturated heterocycles. The predicted molar refractivity (Wildman–Crippen MR) is 505 cm³/mol. The summed E-state index contributed by atoms with van der Waals surface area (Å²) >= 11 is 0. The molecule has 0 bridgehead atoms. The number of nitrogens with one attached hydrogen (secondary N) is 5. The maximum Gasteiger partial charge on any atom is 0.586 e. The number of imidazole rings is 5. The van der Waals surface area contributed by atoms with Crippen LogP contribution < -0.4 is 36.1 Å². The van der Waals surface area contributed by atoms with Gasteiger partial charge >= 0.3 is 6.29 Å². The summed E-state index contributed by atoms with van der Waals surface area (Å²) in [5.41, 5.74) is 8.68. The van der Waals surface area contributed by atoms with Crippen LogP contribution in [-0.2, 0) is 35.1 Å². The summed E-state index contributed by atoms with van der Waals surface area (Å²) < 4.78 is 114. The second-order valence-corrected chi connectivity index (χ2v) is 39.7. The van der Waals surface area contributed by atoms with Crippen molar-refractivity contribution in [3.05, 3.63) is 226 Å². The number of anilines is 5. The van der Waals surface area contributed by atoms with Crippen molar-refractivity contribution >= 4 is 114 Å². The van der Waals surface area contributed by atoms with Gasteiger partial charge in [-0.25, -0.2) is 46.9 Å². The number of ether oxygens (including phenoxy) is 2. The zero-order valence-corrected chi connectivity index (χ0v) is 78.9. The predicted octanol–water partition coefficient (Wildman–Crippen LogP) is 21.1. The largest absolute Gasteiger partial charge is 0.586 e. The molecule has 33 heteroatoms. The highest BCUT2D eigenvalue weighted by Crippen LogP contribution is 2.45. The lowest BCUT2D eigenvalue weighted by Gasteiger charge is -2.25. The van der Waals surface area contributed by atoms with Gasteiger partial charge in [0.05, 0.1) is 120 Å². The molecule has 1 aliphatic heterocycles. The maximum atomic E-state index is 14.1. The molecule has 1 saturated carbocycles. The van der Waals surface area contributed by atoms with Gasteiger partial charge in [0.25, 0.3) is 0 Å². The number of carbonyl (C=O) groups is 5. The van der Waals surface area contributed by atoms with Crippen LogP contribution in [0, 0.1) is 80.5 Å². The van der Waals surface area contributed by atoms with Gasteiger partial charge in [-0.05, 0) is 276 Å². The second-order valence-electron chi connectivity index (χ2n) is 39.7. The van der Waals surface area contributed by atoms with E-state index in [0.29, 0.717) is 80.8 Å². The lowest BCUT2D eigenvalue weighted by molar-refractivity contribution is -0.286. The van der Waals surface area contributed by atoms with E-state index >= 15 is 0 Å². The smallest absolute Gasteiger partial charge is 0.395 e. The van der Waals surface area contributed by atoms with Gasteiger partial charge in [-0.1, -0.05) is 77.9 Å². The average molecular weight is 1850 g/mol. The Bertz CT molecular complexity index is 6780. The number of benzene rings is 9. The van der Waals surface area contributed by atoms with E-state index in [9.17, 15) is 75.1 Å². The Morgan fingerprint density at radius 2 is 0.687 bits per heavy atom. The molecule has 2 aliphatic rings. The van der Waals surface area contributed by atoms with Gasteiger partial charge in [-0.15, -0.1) is 8.78 Å². The molecule has 0 spiro atoms. The first kappa shape index (κ1) is 99.6. The first-order valence-electron chi connectivity index (χ1n) is 43.7. The molecule has 14 aromatic rings. The standard InChI is InChI=1S/C21H21F2N3O3.C21H23F2N3O3.C21H21F2N3O2.C21H24FN3O.C17H25N3O2/c1-12-5-7-14-15(9-12)26(19(24-14)25-18(27)11-20(2,3)4)13-6-8-16-17(10-13)29-21(22,23)28-16;1-20(2,28)11-18(27)25-19-24-16-6-5-12(21(3,4)29)7-17(16)26(19)15-9-13(22)8-14(23)10-15;1-12-3-6-17-18(7-12)26(16-9-14(22)8-15(23)10-16)20(24-17)25-19(27)11-21(2,28)13-4-5-13;1-13-6-9-17-18(10-13)25(15-8-7-14(2)16(22)11-15)20(23-17)24-19(26)12-21(3,4)5;1-11-7-8-12-13(9-11)20(16(2,3)4)15(18-12)19-14(21)10-17(5,6)22/h5-10H,11H2,1-4H3,(H,24,25,27);5-10,28-29H,11H2,1-4H3,(H,24,25,27);3,6-10,13,28H,4-5,11H2,1-2H3,(H,24,25,27);6-11H,12H2,1-5H3,(H,23,24,26);7-9,22H,10H2,1-6H3,(H,18,19,21)/t;;21-;;/m..1../s1. The van der Waals surface area contributed by atoms with Crippen LogP contribution >= 0.6 is 0 Å². The molecule has 708 valence electrons. The molecule has 1 atom stereocenters. The van der Waals surface area contributed by atoms with Gasteiger partial charge in [0, 0.05) is 36.6 Å². The number of hydrogen-bond acceptors (Lipinski definition) is 16. The third kappa shape index (κ3) is 25.5. The van der Waals surface area contributed by atoms with E-state index in [4.69, 9.17) is 0 Å². The van der Waals surface area contributed by atoms with Crippen LogP contribution in [0.15, 0.2) is 164 Å². The molecule has 0 unspecified atom stereocenters. The number of rotatable bonds is 19. The number of nitrogens with zero attached hydrogens (tertiary/aromatic N) is 10. The molecule has 5 aromatic heterocycles. The molecular formula is C101H114F7N15O11. The highest BCUT2D eigenvalue weighted by atomic mass is 19.3. The number of amides is 5. The second kappa shape index (κ2) is 38.3. The van der Waals surface area contributed by atoms with Crippen LogP contribution in [0.3, 0.4) is 0 Å². The first-order valence-corrected chi connectivity index (χ1v) is 43.7. The van der Waals surface area contributed by atoms with Crippen LogP contribution in [0.2, 0.25) is 0 Å². The Hall–Kier alpha value is -13.4. The molecule has 1 aliphatic carbocycles. The van der Waals surface area contributed by atoms with Crippen molar-refractivity contribution in [3.63, 3.8) is 0 Å². The van der Waals surface area contributed by atoms with Gasteiger partial charge in [0.1, 0.15) is 29.1 Å². The fraction of sp³-hybridized carbons (Fsp3) is 0.366. The highest BCUT2D eigenvalue weighted by molar-refractivity contribution is 5.97. The van der Waals surface area contributed by atoms with E-state index < -0.39 is 63.8 Å². The molecule has 134 heavy (non-hydrogen) atoms. The zero-order valence-electron chi connectivity index (χ0n) is 78.9. The monoisotopic (exact) mass is 1850 g/mol. The fourth-order valence-corrected chi connectivity index (χ4v) is 15.2. The summed E-state index contributed by atoms with van der Waals surface area (Å²) in [6.45, 7) is 38.8. The lowest BCUT2D eigenvalue weighted by atomic mass is 9.92. The topological polar surface area (TPSA) is 334 Å². The van der Waals surface area contributed by atoms with Crippen LogP contribution in [0.25, 0.3) is 77.9 Å². The summed E-state index contributed by atoms with van der Waals surface area (Å²) in [6, 6.07) is 43.7. The van der Waals surface area contributed by atoms with E-state index in [1.54, 1.807) is 87.1 Å². The minimum Gasteiger partial charge on any atom is -0.395 e. The van der Waals surface area contributed by atoms with Crippen LogP contribution in [0.5, 0.6) is 11.5 Å². The first-order chi connectivity index (χ1) is 62.2. The third-order valence-electron chi connectivity index (χ3n) is 21.3. The molecule has 16 rings (SSSR count). The number of fused-ring (bicyclic) bond motifs is 6. The van der Waals surface area contributed by atoms with E-state index in [-0.39, 0.29) is 99.9 Å². The number of carbonyl (C=O) groups excluding carboxylic acids is 5. The van der Waals surface area contributed by atoms with Gasteiger partial charge in [0.15, 0.2) is 11.5 Å². The third-order valence-corrected chi connectivity index (χ3v) is 21.3. The fourth-order valence-electron chi connectivity index (χ4n) is 15.2. The summed E-state index contributed by atoms with van der Waals surface area (Å²) in [5.74, 6) is -3.31. The molecule has 9 aromatic carbocycles. The number of halogens is 7. The number of aryl methyl sites for hydroxylation is 5. The van der Waals surface area contributed by atoms with Crippen LogP contribution in [-0.4, -0.2) is 121 Å². The molecule has 9 N–H and O–H groups in total. The maximum absolute atomic E-state index is 14.1. The van der Waals surface area contributed by atoms with Crippen LogP contribution in [0.1, 0.15) is 189 Å². The lowest BCUT2D eigenvalue weighted by Crippen LogP contribution is -2.33. The van der Waals surface area contributed by atoms with Gasteiger partial charge < -0.3 is 34.5 Å². The summed E-state index contributed by atoms with van der Waals surface area (Å²) in [7, 11) is 0. The zero-order chi connectivity index (χ0) is 98.4. The molecular weight excluding hydrogens is 1730 g/mol. The van der Waals surface area contributed by atoms with Gasteiger partial charge in [-0.3, -0.25) is 68.8 Å². The normalized spacial score (nSPS) is 13.7. The van der Waals surface area contributed by atoms with E-state index in [1.807, 2.05) is 141 Å². The van der Waals surface area contributed by atoms with Crippen molar-refractivity contribution in [2.75, 3.05) is 26.6 Å². The Kier molecular flexibility index (Phi) is 28.5. The molecule has 6 heterocycles. The Morgan fingerprint density at radius 1 is 0.366 bits per heavy atom. The average Bonchev–Trinajstić information content (AvgIpc) is 1.63. The Balaban J connectivity index is 0.000000151. The van der Waals surface area contributed by atoms with E-state index in [2.05, 4.69) is 87.8 Å². The van der Waals surface area contributed by atoms with Crippen molar-refractivity contribution in [1.82, 2.24) is 47.8 Å². The van der Waals surface area contributed by atoms with Crippen molar-refractivity contribution in [2.24, 2.45) is 16.7 Å². The number of hydrogen-bond donors (Lipinski definition) is 9. The van der Waals surface area contributed by atoms with E-state index in [0.717, 1.165) is 86.9 Å². The van der Waals surface area contributed by atoms with Crippen LogP contribution in [0.4, 0.5) is 60.5 Å². The summed E-state index contributed by atoms with van der Waals surface area (Å²) in [5, 5.41) is 54.3. The molecule has 26 nitrogen and oxygen atoms in total. The van der Waals surface area contributed by atoms with Crippen molar-refractivity contribution < 1.29 is 84.6 Å². The highest BCUT2D eigenvalue weighted by Gasteiger charge is 2.44. The summed E-state index contributed by atoms with van der Waals surface area (Å²) in [4.78, 5) is 84.4. The number of aromatic nitrogens is 10. The van der Waals surface area contributed by atoms with E-state index in [1.165, 1.54) is 53.3 Å². The van der Waals surface area contributed by atoms with Gasteiger partial charge in [0.2, 0.25) is 59.3 Å². The Morgan fingerprint density at radius 3 is 1.05 bits per heavy atom. The SMILES string of the molecule is CC(C)(O)CC(=O)Nc1nc2ccc(C(C)(C)O)cc2n1-c1cc(F)cc(F)c1.Cc1ccc2nc(NC(=O)CC(C)(C)C)n(-c3ccc(C)c(F)c3)c2c1.Cc1ccc2nc(NC(=O)CC(C)(C)C)n(-c3ccc4c(c3)OC(F)(F)O4)c2c1.Cc1ccc2nc(NC(=O)CC(C)(C)O)n(C(C)(C)C)c2c1.Cc1ccc2nc(NC(=O)C[C@@](C)(O)C3CC3)n(-c3cc(F)cc(F)c3)c2c1. The molecule has 0 radical (unpaired) electrons. The Labute approximate surface area is 771 Å².